The van der Waals surface area contributed by atoms with Crippen molar-refractivity contribution in [1.82, 2.24) is 0 Å². The van der Waals surface area contributed by atoms with E-state index in [2.05, 4.69) is 18.2 Å². The van der Waals surface area contributed by atoms with Crippen LogP contribution in [-0.2, 0) is 9.59 Å². The van der Waals surface area contributed by atoms with Gasteiger partial charge in [0, 0.05) is 49.4 Å². The topological polar surface area (TPSA) is 119 Å². The largest absolute Gasteiger partial charge is 0.481 e. The highest BCUT2D eigenvalue weighted by Crippen LogP contribution is 2.52. The van der Waals surface area contributed by atoms with Gasteiger partial charge in [-0.1, -0.05) is 140 Å². The molecule has 0 saturated heterocycles. The molecule has 0 saturated carbocycles. The normalized spacial score (nSPS) is 11.6. The molecule has 0 radical (unpaired) electrons. The van der Waals surface area contributed by atoms with E-state index in [1.807, 2.05) is 146 Å². The van der Waals surface area contributed by atoms with E-state index in [-0.39, 0.29) is 0 Å². The van der Waals surface area contributed by atoms with Gasteiger partial charge < -0.3 is 28.5 Å². The Morgan fingerprint density at radius 2 is 0.935 bits per heavy atom. The monoisotopic (exact) mass is 810 g/mol. The fraction of sp³-hybridized carbons (Fsp3) is 0.0370. The van der Waals surface area contributed by atoms with E-state index in [9.17, 15) is 19.8 Å². The summed E-state index contributed by atoms with van der Waals surface area (Å²) in [5.74, 6) is -1.69. The van der Waals surface area contributed by atoms with Crippen molar-refractivity contribution >= 4 is 77.4 Å². The summed E-state index contributed by atoms with van der Waals surface area (Å²) in [6, 6.07) is 55.6. The third-order valence-corrected chi connectivity index (χ3v) is 11.6. The van der Waals surface area contributed by atoms with Crippen LogP contribution in [0.4, 0.5) is 0 Å². The molecular formula is C54H34O8. The number of ether oxygens (including phenoxy) is 2. The highest BCUT2D eigenvalue weighted by atomic mass is 16.5. The molecule has 298 valence electrons. The predicted octanol–water partition coefficient (Wildman–Crippen LogP) is 13.4. The SMILES string of the molecule is O=C(O)COc1ccc2cc(-c3cccc4c3oc3ccccc34)ccc2c1-c1c(OCC(=O)O)c(-c2ccccc2-c2cccc3c2oc2ccccc23)cc2ccccc12. The van der Waals surface area contributed by atoms with E-state index in [0.717, 1.165) is 93.2 Å². The Hall–Kier alpha value is -8.36. The lowest BCUT2D eigenvalue weighted by atomic mass is 9.86. The summed E-state index contributed by atoms with van der Waals surface area (Å²) >= 11 is 0. The summed E-state index contributed by atoms with van der Waals surface area (Å²) in [5.41, 5.74) is 9.16. The highest BCUT2D eigenvalue weighted by molar-refractivity contribution is 6.16. The quantitative estimate of drug-likeness (QED) is 0.140. The standard InChI is InChI=1S/C54H34O8/c55-48(56)29-59-47-26-24-32-27-33(36-17-9-19-42-39-15-5-7-21-45(39)61-52(36)42)23-25-35(32)50(47)51-34-12-2-1-11-31(34)28-44(54(51)60-30-49(57)58)38-14-4-3-13-37(38)41-18-10-20-43-40-16-6-8-22-46(40)62-53(41)43/h1-28H,29-30H2,(H,55,56)(H,57,58). The number of furan rings is 2. The molecule has 2 heterocycles. The molecular weight excluding hydrogens is 777 g/mol. The van der Waals surface area contributed by atoms with Crippen LogP contribution in [0.1, 0.15) is 0 Å². The lowest BCUT2D eigenvalue weighted by molar-refractivity contribution is -0.140. The summed E-state index contributed by atoms with van der Waals surface area (Å²) in [5, 5.41) is 27.2. The van der Waals surface area contributed by atoms with Crippen LogP contribution in [0.2, 0.25) is 0 Å². The van der Waals surface area contributed by atoms with Gasteiger partial charge >= 0.3 is 11.9 Å². The summed E-state index contributed by atoms with van der Waals surface area (Å²) in [6.07, 6.45) is 0. The number of fused-ring (bicyclic) bond motifs is 8. The zero-order valence-corrected chi connectivity index (χ0v) is 32.9. The van der Waals surface area contributed by atoms with Gasteiger partial charge in [0.25, 0.3) is 0 Å². The Kier molecular flexibility index (Phi) is 8.72. The number of carbonyl (C=O) groups is 2. The van der Waals surface area contributed by atoms with E-state index < -0.39 is 25.2 Å². The smallest absolute Gasteiger partial charge is 0.341 e. The Labute approximate surface area is 353 Å². The van der Waals surface area contributed by atoms with Crippen LogP contribution >= 0.6 is 0 Å². The summed E-state index contributed by atoms with van der Waals surface area (Å²) in [7, 11) is 0. The number of carboxylic acids is 2. The summed E-state index contributed by atoms with van der Waals surface area (Å²) in [4.78, 5) is 24.4. The van der Waals surface area contributed by atoms with Crippen molar-refractivity contribution in [2.75, 3.05) is 13.2 Å². The van der Waals surface area contributed by atoms with E-state index in [0.29, 0.717) is 28.2 Å². The molecule has 11 rings (SSSR count). The first-order chi connectivity index (χ1) is 30.4. The Morgan fingerprint density at radius 3 is 1.63 bits per heavy atom. The molecule has 9 aromatic carbocycles. The fourth-order valence-corrected chi connectivity index (χ4v) is 8.94. The first kappa shape index (κ1) is 36.7. The molecule has 0 aliphatic rings. The minimum absolute atomic E-state index is 0.301. The Balaban J connectivity index is 1.19. The number of hydrogen-bond donors (Lipinski definition) is 2. The second-order valence-corrected chi connectivity index (χ2v) is 15.2. The first-order valence-electron chi connectivity index (χ1n) is 20.1. The van der Waals surface area contributed by atoms with Crippen LogP contribution in [0, 0.1) is 0 Å². The maximum absolute atomic E-state index is 12.4. The van der Waals surface area contributed by atoms with E-state index in [1.54, 1.807) is 6.07 Å². The average molecular weight is 811 g/mol. The molecule has 0 bridgehead atoms. The van der Waals surface area contributed by atoms with Gasteiger partial charge in [-0.2, -0.15) is 0 Å². The third kappa shape index (κ3) is 6.08. The predicted molar refractivity (Wildman–Crippen MR) is 244 cm³/mol. The van der Waals surface area contributed by atoms with Crippen LogP contribution in [0.3, 0.4) is 0 Å². The van der Waals surface area contributed by atoms with Gasteiger partial charge in [-0.15, -0.1) is 0 Å². The van der Waals surface area contributed by atoms with Crippen molar-refractivity contribution in [2.45, 2.75) is 0 Å². The number of para-hydroxylation sites is 4. The van der Waals surface area contributed by atoms with Crippen LogP contribution in [0.15, 0.2) is 179 Å². The van der Waals surface area contributed by atoms with Crippen LogP contribution < -0.4 is 9.47 Å². The molecule has 2 aromatic heterocycles. The van der Waals surface area contributed by atoms with Crippen molar-refractivity contribution in [3.05, 3.63) is 170 Å². The zero-order chi connectivity index (χ0) is 41.9. The summed E-state index contributed by atoms with van der Waals surface area (Å²) < 4.78 is 25.5. The summed E-state index contributed by atoms with van der Waals surface area (Å²) in [6.45, 7) is -1.24. The van der Waals surface area contributed by atoms with E-state index in [4.69, 9.17) is 18.3 Å². The second kappa shape index (κ2) is 14.7. The van der Waals surface area contributed by atoms with Crippen molar-refractivity contribution in [3.8, 4) is 56.0 Å². The lowest BCUT2D eigenvalue weighted by Gasteiger charge is -2.23. The molecule has 11 aromatic rings. The first-order valence-corrected chi connectivity index (χ1v) is 20.1. The molecule has 0 spiro atoms. The zero-order valence-electron chi connectivity index (χ0n) is 32.9. The van der Waals surface area contributed by atoms with Crippen molar-refractivity contribution in [2.24, 2.45) is 0 Å². The van der Waals surface area contributed by atoms with Gasteiger partial charge in [-0.3, -0.25) is 0 Å². The van der Waals surface area contributed by atoms with Crippen LogP contribution in [0.25, 0.3) is 110 Å². The highest BCUT2D eigenvalue weighted by Gasteiger charge is 2.26. The minimum atomic E-state index is -1.15. The molecule has 0 unspecified atom stereocenters. The molecule has 8 nitrogen and oxygen atoms in total. The number of aliphatic carboxylic acids is 2. The van der Waals surface area contributed by atoms with Gasteiger partial charge in [0.1, 0.15) is 33.8 Å². The molecule has 62 heavy (non-hydrogen) atoms. The fourth-order valence-electron chi connectivity index (χ4n) is 8.94. The molecule has 0 amide bonds. The molecule has 0 atom stereocenters. The van der Waals surface area contributed by atoms with E-state index >= 15 is 0 Å². The third-order valence-electron chi connectivity index (χ3n) is 11.6. The van der Waals surface area contributed by atoms with Gasteiger partial charge in [-0.05, 0) is 68.6 Å². The van der Waals surface area contributed by atoms with Crippen molar-refractivity contribution in [1.29, 1.82) is 0 Å². The van der Waals surface area contributed by atoms with Crippen LogP contribution in [0.5, 0.6) is 11.5 Å². The Morgan fingerprint density at radius 1 is 0.419 bits per heavy atom. The molecule has 0 fully saturated rings. The van der Waals surface area contributed by atoms with Crippen LogP contribution in [-0.4, -0.2) is 35.4 Å². The Bertz CT molecular complexity index is 3610. The maximum Gasteiger partial charge on any atom is 0.341 e. The van der Waals surface area contributed by atoms with Crippen molar-refractivity contribution < 1.29 is 38.1 Å². The molecule has 8 heteroatoms. The number of rotatable bonds is 10. The maximum atomic E-state index is 12.4. The second-order valence-electron chi connectivity index (χ2n) is 15.2. The van der Waals surface area contributed by atoms with Gasteiger partial charge in [0.15, 0.2) is 13.2 Å². The molecule has 0 aliphatic heterocycles. The van der Waals surface area contributed by atoms with Gasteiger partial charge in [-0.25, -0.2) is 9.59 Å². The van der Waals surface area contributed by atoms with E-state index in [1.165, 1.54) is 0 Å². The lowest BCUT2D eigenvalue weighted by Crippen LogP contribution is -2.12. The number of hydrogen-bond acceptors (Lipinski definition) is 6. The van der Waals surface area contributed by atoms with Crippen molar-refractivity contribution in [3.63, 3.8) is 0 Å². The molecule has 0 aliphatic carbocycles. The minimum Gasteiger partial charge on any atom is -0.481 e. The number of carboxylic acid groups (broad SMARTS) is 2. The number of benzene rings is 9. The van der Waals surface area contributed by atoms with Gasteiger partial charge in [0.2, 0.25) is 0 Å². The van der Waals surface area contributed by atoms with Gasteiger partial charge in [0.05, 0.1) is 0 Å². The molecule has 2 N–H and O–H groups in total. The average Bonchev–Trinajstić information content (AvgIpc) is 3.88.